The molecule has 2 aromatic carbocycles. The molecule has 12 heteroatoms. The molecule has 0 spiro atoms. The van der Waals surface area contributed by atoms with E-state index in [0.29, 0.717) is 23.9 Å². The summed E-state index contributed by atoms with van der Waals surface area (Å²) in [7, 11) is 0. The Morgan fingerprint density at radius 2 is 1.38 bits per heavy atom. The Kier molecular flexibility index (Phi) is 68.8. The van der Waals surface area contributed by atoms with Crippen LogP contribution in [-0.2, 0) is 360 Å². The van der Waals surface area contributed by atoms with Crippen molar-refractivity contribution in [3.05, 3.63) is 66.1 Å². The molecule has 0 fully saturated rings. The van der Waals surface area contributed by atoms with Gasteiger partial charge in [-0.05, 0) is 18.6 Å². The van der Waals surface area contributed by atoms with Crippen molar-refractivity contribution < 1.29 is 361 Å². The summed E-state index contributed by atoms with van der Waals surface area (Å²) >= 11 is 0. The predicted octanol–water partition coefficient (Wildman–Crippen LogP) is 5.43. The van der Waals surface area contributed by atoms with Crippen LogP contribution in [0, 0.1) is 12.5 Å². The number of rotatable bonds is 3. The Balaban J connectivity index is -0.0000000748. The van der Waals surface area contributed by atoms with E-state index in [2.05, 4.69) is 69.3 Å². The molecule has 0 aromatic heterocycles. The SMILES string of the molecule is [3H]c1ccc2c(c1)N(c1[c-]c([C@H](C)[CH-]C)ccc1)[C@@H](C)[C@H]2C.[Y].[Y].[Y].[Y].[Y].[Y].[Y].[Y].[Y].[Y].[Y]. The Bertz CT molecular complexity index is 709. The number of fused-ring (bicyclic) bond motifs is 1. The summed E-state index contributed by atoms with van der Waals surface area (Å²) in [6, 6.07) is 16.9. The van der Waals surface area contributed by atoms with Crippen LogP contribution in [0.25, 0.3) is 0 Å². The van der Waals surface area contributed by atoms with Crippen molar-refractivity contribution >= 4 is 11.4 Å². The second-order valence-electron chi connectivity index (χ2n) is 6.00. The van der Waals surface area contributed by atoms with Crippen LogP contribution in [0.15, 0.2) is 42.4 Å². The van der Waals surface area contributed by atoms with Gasteiger partial charge in [-0.3, -0.25) is 0 Å². The monoisotopic (exact) mass is 1260 g/mol. The first kappa shape index (κ1) is 61.4. The van der Waals surface area contributed by atoms with Gasteiger partial charge in [0.15, 0.2) is 0 Å². The molecule has 0 saturated carbocycles. The van der Waals surface area contributed by atoms with Crippen molar-refractivity contribution in [2.45, 2.75) is 45.6 Å². The van der Waals surface area contributed by atoms with Gasteiger partial charge in [-0.2, -0.15) is 36.6 Å². The molecule has 0 amide bonds. The Morgan fingerprint density at radius 3 is 1.88 bits per heavy atom. The van der Waals surface area contributed by atoms with Crippen LogP contribution in [0.2, 0.25) is 0 Å². The van der Waals surface area contributed by atoms with Gasteiger partial charge < -0.3 is 11.3 Å². The van der Waals surface area contributed by atoms with E-state index in [4.69, 9.17) is 1.37 Å². The van der Waals surface area contributed by atoms with Crippen LogP contribution in [0.4, 0.5) is 11.4 Å². The quantitative estimate of drug-likeness (QED) is 0.372. The van der Waals surface area contributed by atoms with Crippen molar-refractivity contribution in [1.82, 2.24) is 0 Å². The van der Waals surface area contributed by atoms with Gasteiger partial charge in [-0.1, -0.05) is 37.7 Å². The molecule has 2 aromatic rings. The van der Waals surface area contributed by atoms with Gasteiger partial charge in [0.2, 0.25) is 0 Å². The third-order valence-electron chi connectivity index (χ3n) is 4.81. The third-order valence-corrected chi connectivity index (χ3v) is 4.81. The van der Waals surface area contributed by atoms with Crippen molar-refractivity contribution in [3.63, 3.8) is 0 Å². The van der Waals surface area contributed by atoms with E-state index in [1.165, 1.54) is 11.1 Å². The summed E-state index contributed by atoms with van der Waals surface area (Å²) in [5, 5.41) is 0. The van der Waals surface area contributed by atoms with Gasteiger partial charge in [0.05, 0.1) is 1.37 Å². The minimum atomic E-state index is 0. The van der Waals surface area contributed by atoms with E-state index < -0.39 is 0 Å². The first-order valence-electron chi connectivity index (χ1n) is 8.24. The first-order valence-corrected chi connectivity index (χ1v) is 7.74. The number of nitrogens with zero attached hydrogens (tertiary/aromatic N) is 1. The molecule has 3 atom stereocenters. The van der Waals surface area contributed by atoms with E-state index in [1.807, 2.05) is 12.1 Å². The maximum atomic E-state index is 7.95. The number of para-hydroxylation sites is 1. The fourth-order valence-electron chi connectivity index (χ4n) is 3.14. The second kappa shape index (κ2) is 35.9. The number of hydrogen-bond donors (Lipinski definition) is 0. The molecule has 1 nitrogen and oxygen atoms in total. The van der Waals surface area contributed by atoms with Gasteiger partial charge >= 0.3 is 0 Å². The molecule has 143 valence electrons. The van der Waals surface area contributed by atoms with Crippen LogP contribution in [-0.4, -0.2) is 6.04 Å². The minimum absolute atomic E-state index is 0. The zero-order chi connectivity index (χ0) is 15.9. The van der Waals surface area contributed by atoms with Gasteiger partial charge in [-0.25, -0.2) is 0 Å². The van der Waals surface area contributed by atoms with Gasteiger partial charge in [0.1, 0.15) is 0 Å². The van der Waals surface area contributed by atoms with Gasteiger partial charge in [0, 0.05) is 377 Å². The summed E-state index contributed by atoms with van der Waals surface area (Å²) in [6.45, 7) is 8.80. The summed E-state index contributed by atoms with van der Waals surface area (Å²) in [6.07, 6.45) is 2.20. The van der Waals surface area contributed by atoms with E-state index in [0.717, 1.165) is 11.4 Å². The fourth-order valence-corrected chi connectivity index (χ4v) is 3.14. The fraction of sp³-hybridized carbons (Fsp3) is 0.350. The summed E-state index contributed by atoms with van der Waals surface area (Å²) in [5.74, 6) is 0.861. The molecule has 0 unspecified atom stereocenters. The van der Waals surface area contributed by atoms with E-state index in [9.17, 15) is 0 Å². The van der Waals surface area contributed by atoms with Crippen LogP contribution < -0.4 is 4.90 Å². The van der Waals surface area contributed by atoms with Crippen LogP contribution in [0.3, 0.4) is 0 Å². The summed E-state index contributed by atoms with van der Waals surface area (Å²) in [4.78, 5) is 2.34. The van der Waals surface area contributed by atoms with Crippen molar-refractivity contribution in [3.8, 4) is 0 Å². The largest absolute Gasteiger partial charge is 0.361 e. The molecule has 1 heterocycles. The average molecular weight is 1260 g/mol. The number of anilines is 2. The van der Waals surface area contributed by atoms with Crippen LogP contribution >= 0.6 is 0 Å². The van der Waals surface area contributed by atoms with Crippen LogP contribution in [0.5, 0.6) is 0 Å². The molecule has 32 heavy (non-hydrogen) atoms. The van der Waals surface area contributed by atoms with E-state index >= 15 is 0 Å². The Morgan fingerprint density at radius 1 is 0.844 bits per heavy atom. The molecule has 3 rings (SSSR count). The molecule has 0 saturated heterocycles. The third kappa shape index (κ3) is 19.0. The second-order valence-corrected chi connectivity index (χ2v) is 6.00. The molecule has 1 aliphatic heterocycles. The zero-order valence-electron chi connectivity index (χ0n) is 20.6. The minimum Gasteiger partial charge on any atom is -0.361 e. The standard InChI is InChI=1S/C20H23N.11Y/c1-5-14(2)17-9-8-10-18(13-17)21-16(4)15(3)19-11-6-7-12-20(19)21;;;;;;;;;;;/h5-12,14-16H,1-4H3;;;;;;;;;;;/q-2;;;;;;;;;;;/t14-,15-,16+;;;;;;;;;;;/m1.........../s1/i7T;;;;;;;;;;;. The maximum absolute atomic E-state index is 7.95. The van der Waals surface area contributed by atoms with Crippen molar-refractivity contribution in [1.29, 1.82) is 0 Å². The summed E-state index contributed by atoms with van der Waals surface area (Å²) in [5.41, 5.74) is 4.82. The average Bonchev–Trinajstić information content (AvgIpc) is 2.77. The Labute approximate surface area is 475 Å². The van der Waals surface area contributed by atoms with Gasteiger partial charge in [-0.15, -0.1) is 6.07 Å². The molecular formula is C20H23NY11-2. The first-order chi connectivity index (χ1) is 10.5. The molecule has 0 N–H and O–H groups in total. The topological polar surface area (TPSA) is 3.24 Å². The molecular weight excluding hydrogens is 1230 g/mol. The molecule has 1 aliphatic rings. The molecule has 0 bridgehead atoms. The number of benzene rings is 2. The summed E-state index contributed by atoms with van der Waals surface area (Å²) < 4.78 is 7.95. The Hall–Kier alpha value is 10.4. The van der Waals surface area contributed by atoms with Crippen molar-refractivity contribution in [2.75, 3.05) is 4.90 Å². The smallest absolute Gasteiger partial charge is 0.0623 e. The predicted molar refractivity (Wildman–Crippen MR) is 90.1 cm³/mol. The zero-order valence-corrected chi connectivity index (χ0v) is 50.8. The molecule has 0 aliphatic carbocycles. The van der Waals surface area contributed by atoms with E-state index in [1.54, 1.807) is 0 Å². The van der Waals surface area contributed by atoms with Gasteiger partial charge in [0.25, 0.3) is 0 Å². The number of hydrogen-bond acceptors (Lipinski definition) is 1. The van der Waals surface area contributed by atoms with E-state index in [-0.39, 0.29) is 360 Å². The maximum Gasteiger partial charge on any atom is 0.0623 e. The van der Waals surface area contributed by atoms with Crippen molar-refractivity contribution in [2.24, 2.45) is 0 Å². The van der Waals surface area contributed by atoms with Crippen LogP contribution in [0.1, 0.15) is 52.0 Å². The molecule has 11 radical (unpaired) electrons. The normalized spacial score (nSPS) is 15.0.